The molecule has 9 heteroatoms. The lowest BCUT2D eigenvalue weighted by Gasteiger charge is -2.26. The number of carbonyl (C=O) groups is 1. The lowest BCUT2D eigenvalue weighted by atomic mass is 10.0. The summed E-state index contributed by atoms with van der Waals surface area (Å²) >= 11 is 0. The Kier molecular flexibility index (Phi) is 6.73. The highest BCUT2D eigenvalue weighted by atomic mass is 16.6. The number of ether oxygens (including phenoxy) is 3. The van der Waals surface area contributed by atoms with E-state index in [0.29, 0.717) is 5.75 Å². The van der Waals surface area contributed by atoms with Gasteiger partial charge in [-0.15, -0.1) is 0 Å². The van der Waals surface area contributed by atoms with Crippen LogP contribution in [-0.4, -0.2) is 50.1 Å². The summed E-state index contributed by atoms with van der Waals surface area (Å²) in [7, 11) is 4.64. The van der Waals surface area contributed by atoms with Crippen LogP contribution in [0.4, 0.5) is 11.4 Å². The first-order valence-corrected chi connectivity index (χ1v) is 9.55. The molecule has 0 aromatic heterocycles. The number of amides is 1. The molecule has 160 valence electrons. The van der Waals surface area contributed by atoms with E-state index in [9.17, 15) is 14.9 Å². The maximum atomic E-state index is 12.7. The van der Waals surface area contributed by atoms with Gasteiger partial charge in [-0.25, -0.2) is 0 Å². The minimum absolute atomic E-state index is 0.00773. The summed E-state index contributed by atoms with van der Waals surface area (Å²) < 4.78 is 15.9. The minimum Gasteiger partial charge on any atom is -0.497 e. The van der Waals surface area contributed by atoms with E-state index < -0.39 is 4.92 Å². The van der Waals surface area contributed by atoms with E-state index in [1.54, 1.807) is 20.3 Å². The van der Waals surface area contributed by atoms with E-state index in [-0.39, 0.29) is 29.9 Å². The first-order chi connectivity index (χ1) is 14.5. The van der Waals surface area contributed by atoms with Crippen molar-refractivity contribution in [1.29, 1.82) is 0 Å². The van der Waals surface area contributed by atoms with Crippen LogP contribution in [0.5, 0.6) is 17.2 Å². The van der Waals surface area contributed by atoms with Gasteiger partial charge in [-0.1, -0.05) is 0 Å². The van der Waals surface area contributed by atoms with Crippen LogP contribution in [0.2, 0.25) is 0 Å². The van der Waals surface area contributed by atoms with E-state index in [1.165, 1.54) is 19.2 Å². The lowest BCUT2D eigenvalue weighted by Crippen LogP contribution is -2.33. The van der Waals surface area contributed by atoms with Crippen LogP contribution in [0.25, 0.3) is 0 Å². The lowest BCUT2D eigenvalue weighted by molar-refractivity contribution is -0.384. The normalized spacial score (nSPS) is 16.2. The van der Waals surface area contributed by atoms with Gasteiger partial charge in [0.25, 0.3) is 5.69 Å². The van der Waals surface area contributed by atoms with Gasteiger partial charge in [0.05, 0.1) is 38.9 Å². The third kappa shape index (κ3) is 4.62. The Labute approximate surface area is 174 Å². The van der Waals surface area contributed by atoms with Crippen molar-refractivity contribution in [3.8, 4) is 17.2 Å². The molecular weight excluding hydrogens is 390 g/mol. The SMILES string of the molecule is COc1ccc(OC)c([C@@H]2CCCN2CC(=O)Nc2ccc(OC)cc2[N+](=O)[O-])c1. The molecule has 0 spiro atoms. The molecule has 0 saturated carbocycles. The standard InChI is InChI=1S/C21H25N3O6/c1-28-14-7-9-20(30-3)16(11-14)18-5-4-10-23(18)13-21(25)22-17-8-6-15(29-2)12-19(17)24(26)27/h6-9,11-12,18H,4-5,10,13H2,1-3H3,(H,22,25)/t18-/m0/s1. The minimum atomic E-state index is -0.544. The predicted molar refractivity (Wildman–Crippen MR) is 111 cm³/mol. The maximum absolute atomic E-state index is 12.7. The van der Waals surface area contributed by atoms with Crippen molar-refractivity contribution in [2.75, 3.05) is 39.7 Å². The number of carbonyl (C=O) groups excluding carboxylic acids is 1. The molecule has 1 aliphatic rings. The van der Waals surface area contributed by atoms with Crippen molar-refractivity contribution in [3.05, 3.63) is 52.1 Å². The summed E-state index contributed by atoms with van der Waals surface area (Å²) in [4.78, 5) is 25.5. The highest BCUT2D eigenvalue weighted by Gasteiger charge is 2.30. The van der Waals surface area contributed by atoms with Crippen LogP contribution in [0.15, 0.2) is 36.4 Å². The molecule has 1 saturated heterocycles. The monoisotopic (exact) mass is 415 g/mol. The van der Waals surface area contributed by atoms with Crippen molar-refractivity contribution in [2.45, 2.75) is 18.9 Å². The molecule has 1 heterocycles. The average Bonchev–Trinajstić information content (AvgIpc) is 3.20. The van der Waals surface area contributed by atoms with Crippen molar-refractivity contribution in [1.82, 2.24) is 4.90 Å². The third-order valence-electron chi connectivity index (χ3n) is 5.18. The van der Waals surface area contributed by atoms with E-state index in [4.69, 9.17) is 14.2 Å². The highest BCUT2D eigenvalue weighted by Crippen LogP contribution is 2.39. The van der Waals surface area contributed by atoms with Crippen molar-refractivity contribution in [3.63, 3.8) is 0 Å². The summed E-state index contributed by atoms with van der Waals surface area (Å²) in [6, 6.07) is 9.93. The van der Waals surface area contributed by atoms with Gasteiger partial charge < -0.3 is 19.5 Å². The molecule has 2 aromatic rings. The number of nitrogens with zero attached hydrogens (tertiary/aromatic N) is 2. The first-order valence-electron chi connectivity index (χ1n) is 9.55. The van der Waals surface area contributed by atoms with Crippen LogP contribution in [0.3, 0.4) is 0 Å². The molecule has 1 fully saturated rings. The fraction of sp³-hybridized carbons (Fsp3) is 0.381. The summed E-state index contributed by atoms with van der Waals surface area (Å²) in [5, 5.41) is 14.0. The molecule has 1 aliphatic heterocycles. The zero-order valence-corrected chi connectivity index (χ0v) is 17.2. The van der Waals surface area contributed by atoms with Gasteiger partial charge in [0.15, 0.2) is 0 Å². The van der Waals surface area contributed by atoms with Crippen LogP contribution in [-0.2, 0) is 4.79 Å². The second-order valence-electron chi connectivity index (χ2n) is 6.92. The Bertz CT molecular complexity index is 933. The summed E-state index contributed by atoms with van der Waals surface area (Å²) in [6.07, 6.45) is 1.81. The zero-order chi connectivity index (χ0) is 21.7. The molecule has 30 heavy (non-hydrogen) atoms. The largest absolute Gasteiger partial charge is 0.497 e. The summed E-state index contributed by atoms with van der Waals surface area (Å²) in [6.45, 7) is 0.845. The average molecular weight is 415 g/mol. The molecule has 0 aliphatic carbocycles. The predicted octanol–water partition coefficient (Wildman–Crippen LogP) is 3.40. The fourth-order valence-electron chi connectivity index (χ4n) is 3.74. The molecule has 0 bridgehead atoms. The van der Waals surface area contributed by atoms with E-state index >= 15 is 0 Å². The molecule has 3 rings (SSSR count). The summed E-state index contributed by atoms with van der Waals surface area (Å²) in [5.41, 5.74) is 0.883. The number of likely N-dealkylation sites (tertiary alicyclic amines) is 1. The second kappa shape index (κ2) is 9.45. The van der Waals surface area contributed by atoms with Gasteiger partial charge in [0.1, 0.15) is 22.9 Å². The van der Waals surface area contributed by atoms with E-state index in [2.05, 4.69) is 5.32 Å². The number of rotatable bonds is 8. The Morgan fingerprint density at radius 2 is 1.83 bits per heavy atom. The number of benzene rings is 2. The van der Waals surface area contributed by atoms with Gasteiger partial charge in [-0.2, -0.15) is 0 Å². The Balaban J connectivity index is 1.77. The van der Waals surface area contributed by atoms with Crippen molar-refractivity contribution in [2.24, 2.45) is 0 Å². The van der Waals surface area contributed by atoms with Crippen LogP contribution in [0.1, 0.15) is 24.4 Å². The molecular formula is C21H25N3O6. The highest BCUT2D eigenvalue weighted by molar-refractivity contribution is 5.94. The molecule has 2 aromatic carbocycles. The number of methoxy groups -OCH3 is 3. The number of nitrogens with one attached hydrogen (secondary N) is 1. The third-order valence-corrected chi connectivity index (χ3v) is 5.18. The van der Waals surface area contributed by atoms with Crippen LogP contribution in [0, 0.1) is 10.1 Å². The number of nitro groups is 1. The first kappa shape index (κ1) is 21.4. The molecule has 9 nitrogen and oxygen atoms in total. The Morgan fingerprint density at radius 3 is 2.50 bits per heavy atom. The number of nitro benzene ring substituents is 1. The maximum Gasteiger partial charge on any atom is 0.296 e. The smallest absolute Gasteiger partial charge is 0.296 e. The summed E-state index contributed by atoms with van der Waals surface area (Å²) in [5.74, 6) is 1.48. The Morgan fingerprint density at radius 1 is 1.13 bits per heavy atom. The van der Waals surface area contributed by atoms with E-state index in [0.717, 1.165) is 36.4 Å². The van der Waals surface area contributed by atoms with Gasteiger partial charge in [-0.3, -0.25) is 19.8 Å². The van der Waals surface area contributed by atoms with Crippen LogP contribution < -0.4 is 19.5 Å². The number of anilines is 1. The molecule has 1 amide bonds. The Hall–Kier alpha value is -3.33. The molecule has 0 radical (unpaired) electrons. The molecule has 0 unspecified atom stereocenters. The van der Waals surface area contributed by atoms with E-state index in [1.807, 2.05) is 23.1 Å². The van der Waals surface area contributed by atoms with Gasteiger partial charge in [0.2, 0.25) is 5.91 Å². The van der Waals surface area contributed by atoms with Gasteiger partial charge in [0, 0.05) is 11.6 Å². The van der Waals surface area contributed by atoms with Gasteiger partial charge >= 0.3 is 0 Å². The topological polar surface area (TPSA) is 103 Å². The van der Waals surface area contributed by atoms with Crippen molar-refractivity contribution >= 4 is 17.3 Å². The quantitative estimate of drug-likeness (QED) is 0.521. The molecule has 1 N–H and O–H groups in total. The fourth-order valence-corrected chi connectivity index (χ4v) is 3.74. The van der Waals surface area contributed by atoms with Gasteiger partial charge in [-0.05, 0) is 49.7 Å². The zero-order valence-electron chi connectivity index (χ0n) is 17.2. The van der Waals surface area contributed by atoms with Crippen molar-refractivity contribution < 1.29 is 23.9 Å². The van der Waals surface area contributed by atoms with Crippen LogP contribution >= 0.6 is 0 Å². The second-order valence-corrected chi connectivity index (χ2v) is 6.92. The number of hydrogen-bond acceptors (Lipinski definition) is 7. The molecule has 1 atom stereocenters. The number of hydrogen-bond donors (Lipinski definition) is 1.